The van der Waals surface area contributed by atoms with Gasteiger partial charge < -0.3 is 10.0 Å². The van der Waals surface area contributed by atoms with Crippen molar-refractivity contribution >= 4 is 7.12 Å². The van der Waals surface area contributed by atoms with E-state index in [2.05, 4.69) is 12.1 Å². The SMILES string of the molecule is OB(O)/C=C/CCc1ccccc1. The van der Waals surface area contributed by atoms with E-state index in [0.717, 1.165) is 12.8 Å². The van der Waals surface area contributed by atoms with E-state index in [0.29, 0.717) is 0 Å². The zero-order valence-electron chi connectivity index (χ0n) is 7.43. The molecule has 3 heteroatoms. The molecule has 0 bridgehead atoms. The molecule has 0 radical (unpaired) electrons. The first-order chi connectivity index (χ1) is 6.29. The minimum absolute atomic E-state index is 0.835. The third kappa shape index (κ3) is 4.50. The molecule has 0 heterocycles. The summed E-state index contributed by atoms with van der Waals surface area (Å²) in [6, 6.07) is 10.1. The first-order valence-electron chi connectivity index (χ1n) is 4.36. The highest BCUT2D eigenvalue weighted by Crippen LogP contribution is 2.02. The Balaban J connectivity index is 2.28. The molecule has 1 aromatic rings. The van der Waals surface area contributed by atoms with Crippen LogP contribution in [-0.4, -0.2) is 17.2 Å². The number of hydrogen-bond donors (Lipinski definition) is 2. The Bertz CT molecular complexity index is 257. The van der Waals surface area contributed by atoms with Gasteiger partial charge in [-0.05, 0) is 18.4 Å². The van der Waals surface area contributed by atoms with E-state index in [9.17, 15) is 0 Å². The lowest BCUT2D eigenvalue weighted by Gasteiger charge is -1.96. The van der Waals surface area contributed by atoms with Crippen molar-refractivity contribution in [3.05, 3.63) is 47.9 Å². The van der Waals surface area contributed by atoms with Crippen molar-refractivity contribution in [1.29, 1.82) is 0 Å². The first-order valence-corrected chi connectivity index (χ1v) is 4.36. The van der Waals surface area contributed by atoms with Gasteiger partial charge >= 0.3 is 7.12 Å². The Morgan fingerprint density at radius 3 is 2.46 bits per heavy atom. The molecule has 0 amide bonds. The lowest BCUT2D eigenvalue weighted by atomic mass is 9.91. The van der Waals surface area contributed by atoms with Crippen molar-refractivity contribution in [3.63, 3.8) is 0 Å². The summed E-state index contributed by atoms with van der Waals surface area (Å²) in [6.07, 6.45) is 3.54. The van der Waals surface area contributed by atoms with Crippen molar-refractivity contribution in [3.8, 4) is 0 Å². The second-order valence-electron chi connectivity index (χ2n) is 2.87. The summed E-state index contributed by atoms with van der Waals surface area (Å²) >= 11 is 0. The van der Waals surface area contributed by atoms with Gasteiger partial charge in [0, 0.05) is 0 Å². The number of aryl methyl sites for hydroxylation is 1. The number of benzene rings is 1. The van der Waals surface area contributed by atoms with E-state index in [-0.39, 0.29) is 0 Å². The lowest BCUT2D eigenvalue weighted by Crippen LogP contribution is -2.05. The van der Waals surface area contributed by atoms with Crippen LogP contribution < -0.4 is 0 Å². The minimum atomic E-state index is -1.32. The monoisotopic (exact) mass is 176 g/mol. The van der Waals surface area contributed by atoms with Gasteiger partial charge in [0.1, 0.15) is 0 Å². The van der Waals surface area contributed by atoms with Gasteiger partial charge in [0.2, 0.25) is 0 Å². The van der Waals surface area contributed by atoms with Crippen LogP contribution >= 0.6 is 0 Å². The van der Waals surface area contributed by atoms with Gasteiger partial charge in [0.25, 0.3) is 0 Å². The molecule has 0 aliphatic heterocycles. The summed E-state index contributed by atoms with van der Waals surface area (Å²) in [5.74, 6) is 1.38. The van der Waals surface area contributed by atoms with Crippen molar-refractivity contribution < 1.29 is 10.0 Å². The standard InChI is InChI=1S/C10H13BO2/c12-11(13)9-5-4-8-10-6-2-1-3-7-10/h1-3,5-7,9,12-13H,4,8H2/b9-5+. The van der Waals surface area contributed by atoms with Crippen LogP contribution in [0, 0.1) is 0 Å². The average Bonchev–Trinajstić information content (AvgIpc) is 2.14. The van der Waals surface area contributed by atoms with Gasteiger partial charge in [0.05, 0.1) is 0 Å². The van der Waals surface area contributed by atoms with Gasteiger partial charge in [-0.15, -0.1) is 0 Å². The Labute approximate surface area is 78.7 Å². The number of allylic oxidation sites excluding steroid dienone is 1. The average molecular weight is 176 g/mol. The van der Waals surface area contributed by atoms with Gasteiger partial charge in [-0.3, -0.25) is 0 Å². The van der Waals surface area contributed by atoms with Crippen LogP contribution in [0.1, 0.15) is 12.0 Å². The Morgan fingerprint density at radius 2 is 1.85 bits per heavy atom. The summed E-state index contributed by atoms with van der Waals surface area (Å²) in [6.45, 7) is 0. The Morgan fingerprint density at radius 1 is 1.15 bits per heavy atom. The van der Waals surface area contributed by atoms with E-state index >= 15 is 0 Å². The molecule has 68 valence electrons. The van der Waals surface area contributed by atoms with Gasteiger partial charge in [0.15, 0.2) is 0 Å². The fourth-order valence-electron chi connectivity index (χ4n) is 1.11. The first kappa shape index (κ1) is 10.0. The molecule has 13 heavy (non-hydrogen) atoms. The summed E-state index contributed by atoms with van der Waals surface area (Å²) in [5.41, 5.74) is 1.26. The molecule has 1 aromatic carbocycles. The Kier molecular flexibility index (Phi) is 4.29. The van der Waals surface area contributed by atoms with Crippen molar-refractivity contribution in [1.82, 2.24) is 0 Å². The highest BCUT2D eigenvalue weighted by molar-refractivity contribution is 6.47. The predicted molar refractivity (Wildman–Crippen MR) is 54.1 cm³/mol. The van der Waals surface area contributed by atoms with E-state index in [1.807, 2.05) is 18.2 Å². The normalized spacial score (nSPS) is 10.6. The molecule has 0 atom stereocenters. The third-order valence-corrected chi connectivity index (χ3v) is 1.75. The second kappa shape index (κ2) is 5.57. The quantitative estimate of drug-likeness (QED) is 0.676. The van der Waals surface area contributed by atoms with Gasteiger partial charge in [-0.1, -0.05) is 42.4 Å². The fourth-order valence-corrected chi connectivity index (χ4v) is 1.11. The lowest BCUT2D eigenvalue weighted by molar-refractivity contribution is 0.424. The van der Waals surface area contributed by atoms with Crippen molar-refractivity contribution in [2.75, 3.05) is 0 Å². The van der Waals surface area contributed by atoms with Crippen LogP contribution in [0.25, 0.3) is 0 Å². The highest BCUT2D eigenvalue weighted by atomic mass is 16.4. The smallest absolute Gasteiger partial charge is 0.424 e. The predicted octanol–water partition coefficient (Wildman–Crippen LogP) is 1.19. The van der Waals surface area contributed by atoms with Crippen LogP contribution in [0.3, 0.4) is 0 Å². The van der Waals surface area contributed by atoms with Crippen LogP contribution in [0.2, 0.25) is 0 Å². The molecule has 0 fully saturated rings. The third-order valence-electron chi connectivity index (χ3n) is 1.75. The highest BCUT2D eigenvalue weighted by Gasteiger charge is 1.96. The zero-order valence-corrected chi connectivity index (χ0v) is 7.43. The molecule has 0 aliphatic carbocycles. The van der Waals surface area contributed by atoms with E-state index in [1.54, 1.807) is 6.08 Å². The topological polar surface area (TPSA) is 40.5 Å². The summed E-state index contributed by atoms with van der Waals surface area (Å²) in [5, 5.41) is 17.0. The molecule has 0 aromatic heterocycles. The summed E-state index contributed by atoms with van der Waals surface area (Å²) in [7, 11) is -1.32. The van der Waals surface area contributed by atoms with Crippen LogP contribution in [-0.2, 0) is 6.42 Å². The summed E-state index contributed by atoms with van der Waals surface area (Å²) < 4.78 is 0. The molecule has 1 rings (SSSR count). The molecule has 0 saturated heterocycles. The zero-order chi connectivity index (χ0) is 9.52. The van der Waals surface area contributed by atoms with Gasteiger partial charge in [-0.25, -0.2) is 0 Å². The Hall–Kier alpha value is -1.06. The molecule has 2 nitrogen and oxygen atoms in total. The van der Waals surface area contributed by atoms with E-state index < -0.39 is 7.12 Å². The van der Waals surface area contributed by atoms with Crippen LogP contribution in [0.5, 0.6) is 0 Å². The second-order valence-corrected chi connectivity index (χ2v) is 2.87. The largest absolute Gasteiger partial charge is 0.480 e. The number of hydrogen-bond acceptors (Lipinski definition) is 2. The molecular weight excluding hydrogens is 163 g/mol. The maximum absolute atomic E-state index is 8.52. The molecule has 0 spiro atoms. The minimum Gasteiger partial charge on any atom is -0.424 e. The molecule has 2 N–H and O–H groups in total. The van der Waals surface area contributed by atoms with Crippen LogP contribution in [0.4, 0.5) is 0 Å². The molecule has 0 saturated carbocycles. The van der Waals surface area contributed by atoms with E-state index in [4.69, 9.17) is 10.0 Å². The molecular formula is C10H13BO2. The maximum Gasteiger partial charge on any atom is 0.480 e. The fraction of sp³-hybridized carbons (Fsp3) is 0.200. The number of rotatable bonds is 4. The van der Waals surface area contributed by atoms with Crippen molar-refractivity contribution in [2.45, 2.75) is 12.8 Å². The van der Waals surface area contributed by atoms with Gasteiger partial charge in [-0.2, -0.15) is 0 Å². The van der Waals surface area contributed by atoms with E-state index in [1.165, 1.54) is 11.5 Å². The molecule has 0 aliphatic rings. The summed E-state index contributed by atoms with van der Waals surface area (Å²) in [4.78, 5) is 0. The molecule has 0 unspecified atom stereocenters. The maximum atomic E-state index is 8.52. The van der Waals surface area contributed by atoms with Crippen molar-refractivity contribution in [2.24, 2.45) is 0 Å². The van der Waals surface area contributed by atoms with Crippen LogP contribution in [0.15, 0.2) is 42.4 Å².